The predicted octanol–water partition coefficient (Wildman–Crippen LogP) is 4.33. The molecule has 1 N–H and O–H groups in total. The number of H-pyrrole nitrogens is 1. The second-order valence-corrected chi connectivity index (χ2v) is 8.18. The van der Waals surface area contributed by atoms with Crippen molar-refractivity contribution in [3.05, 3.63) is 22.6 Å². The molecule has 2 aromatic rings. The highest BCUT2D eigenvalue weighted by Gasteiger charge is 2.52. The van der Waals surface area contributed by atoms with E-state index in [2.05, 4.69) is 22.5 Å². The van der Waals surface area contributed by atoms with Gasteiger partial charge in [-0.25, -0.2) is 4.98 Å². The van der Waals surface area contributed by atoms with E-state index in [4.69, 9.17) is 17.2 Å². The first kappa shape index (κ1) is 12.4. The highest BCUT2D eigenvalue weighted by molar-refractivity contribution is 7.71. The molecule has 2 heterocycles. The zero-order valence-corrected chi connectivity index (χ0v) is 13.2. The topological polar surface area (TPSA) is 33.6 Å². The van der Waals surface area contributed by atoms with E-state index in [-0.39, 0.29) is 5.54 Å². The standard InChI is InChI=1S/C17H21N3S/c1-10-2-14-15(18-9-10)20(16(21)19-14)17-6-11-3-12(7-17)5-13(4-11)8-17/h2,9,11-13H,3-8H2,1H3,(H,19,21). The molecule has 4 aliphatic rings. The number of nitrogens with one attached hydrogen (secondary N) is 1. The van der Waals surface area contributed by atoms with Gasteiger partial charge in [-0.2, -0.15) is 0 Å². The van der Waals surface area contributed by atoms with Crippen LogP contribution in [-0.4, -0.2) is 14.5 Å². The van der Waals surface area contributed by atoms with Crippen molar-refractivity contribution in [1.82, 2.24) is 14.5 Å². The van der Waals surface area contributed by atoms with Crippen molar-refractivity contribution in [1.29, 1.82) is 0 Å². The van der Waals surface area contributed by atoms with Crippen LogP contribution in [0.3, 0.4) is 0 Å². The van der Waals surface area contributed by atoms with Crippen molar-refractivity contribution in [3.63, 3.8) is 0 Å². The van der Waals surface area contributed by atoms with Crippen LogP contribution in [0.15, 0.2) is 12.3 Å². The fourth-order valence-electron chi connectivity index (χ4n) is 5.88. The summed E-state index contributed by atoms with van der Waals surface area (Å²) in [6.07, 6.45) is 10.3. The van der Waals surface area contributed by atoms with E-state index in [1.165, 1.54) is 44.1 Å². The van der Waals surface area contributed by atoms with Crippen molar-refractivity contribution in [3.8, 4) is 0 Å². The van der Waals surface area contributed by atoms with E-state index in [9.17, 15) is 0 Å². The number of nitrogens with zero attached hydrogens (tertiary/aromatic N) is 2. The quantitative estimate of drug-likeness (QED) is 0.795. The lowest BCUT2D eigenvalue weighted by molar-refractivity contribution is -0.0419. The number of aromatic amines is 1. The van der Waals surface area contributed by atoms with Gasteiger partial charge < -0.3 is 4.98 Å². The summed E-state index contributed by atoms with van der Waals surface area (Å²) in [5.74, 6) is 2.77. The molecule has 0 radical (unpaired) electrons. The van der Waals surface area contributed by atoms with Gasteiger partial charge in [-0.1, -0.05) is 0 Å². The molecule has 0 spiro atoms. The smallest absolute Gasteiger partial charge is 0.179 e. The number of fused-ring (bicyclic) bond motifs is 1. The number of hydrogen-bond donors (Lipinski definition) is 1. The molecule has 0 aromatic carbocycles. The maximum absolute atomic E-state index is 5.70. The molecular formula is C17H21N3S. The van der Waals surface area contributed by atoms with Crippen LogP contribution in [0.4, 0.5) is 0 Å². The molecule has 4 aliphatic carbocycles. The summed E-state index contributed by atoms with van der Waals surface area (Å²) in [5, 5.41) is 0. The van der Waals surface area contributed by atoms with Gasteiger partial charge in [-0.05, 0) is 87.1 Å². The van der Waals surface area contributed by atoms with Crippen molar-refractivity contribution in [2.24, 2.45) is 17.8 Å². The van der Waals surface area contributed by atoms with Crippen LogP contribution >= 0.6 is 12.2 Å². The van der Waals surface area contributed by atoms with Gasteiger partial charge in [0.05, 0.1) is 5.52 Å². The molecule has 0 saturated heterocycles. The first-order chi connectivity index (χ1) is 10.1. The Balaban J connectivity index is 1.74. The van der Waals surface area contributed by atoms with Crippen LogP contribution in [0.2, 0.25) is 0 Å². The first-order valence-electron chi connectivity index (χ1n) is 8.21. The molecule has 4 fully saturated rings. The van der Waals surface area contributed by atoms with E-state index in [0.29, 0.717) is 0 Å². The summed E-state index contributed by atoms with van der Waals surface area (Å²) >= 11 is 5.70. The first-order valence-corrected chi connectivity index (χ1v) is 8.62. The predicted molar refractivity (Wildman–Crippen MR) is 85.8 cm³/mol. The van der Waals surface area contributed by atoms with Gasteiger partial charge in [0.15, 0.2) is 10.4 Å². The Bertz CT molecular complexity index is 750. The third-order valence-corrected chi connectivity index (χ3v) is 6.42. The zero-order chi connectivity index (χ0) is 14.2. The van der Waals surface area contributed by atoms with Crippen molar-refractivity contribution < 1.29 is 0 Å². The summed E-state index contributed by atoms with van der Waals surface area (Å²) in [7, 11) is 0. The van der Waals surface area contributed by atoms with E-state index in [1.807, 2.05) is 6.20 Å². The molecule has 0 unspecified atom stereocenters. The maximum atomic E-state index is 5.70. The van der Waals surface area contributed by atoms with Gasteiger partial charge >= 0.3 is 0 Å². The number of aryl methyl sites for hydroxylation is 1. The Kier molecular flexibility index (Phi) is 2.35. The molecule has 4 bridgehead atoms. The number of pyridine rings is 1. The Morgan fingerprint density at radius 1 is 1.19 bits per heavy atom. The van der Waals surface area contributed by atoms with Gasteiger partial charge in [0.2, 0.25) is 0 Å². The summed E-state index contributed by atoms with van der Waals surface area (Å²) in [4.78, 5) is 8.13. The molecule has 21 heavy (non-hydrogen) atoms. The molecule has 0 aliphatic heterocycles. The average molecular weight is 299 g/mol. The lowest BCUT2D eigenvalue weighted by atomic mass is 9.53. The summed E-state index contributed by atoms with van der Waals surface area (Å²) in [6.45, 7) is 2.09. The third-order valence-electron chi connectivity index (χ3n) is 6.14. The second kappa shape index (κ2) is 3.97. The normalized spacial score (nSPS) is 37.5. The molecule has 4 heteroatoms. The van der Waals surface area contributed by atoms with Crippen LogP contribution in [0.5, 0.6) is 0 Å². The highest BCUT2D eigenvalue weighted by atomic mass is 32.1. The Morgan fingerprint density at radius 2 is 1.81 bits per heavy atom. The monoisotopic (exact) mass is 299 g/mol. The zero-order valence-electron chi connectivity index (χ0n) is 12.4. The van der Waals surface area contributed by atoms with Crippen LogP contribution in [0, 0.1) is 29.4 Å². The number of hydrogen-bond acceptors (Lipinski definition) is 2. The minimum Gasteiger partial charge on any atom is -0.329 e. The van der Waals surface area contributed by atoms with Crippen molar-refractivity contribution in [2.45, 2.75) is 51.0 Å². The van der Waals surface area contributed by atoms with Gasteiger partial charge in [0, 0.05) is 11.7 Å². The summed E-state index contributed by atoms with van der Waals surface area (Å²) < 4.78 is 3.28. The van der Waals surface area contributed by atoms with Crippen LogP contribution in [0.1, 0.15) is 44.1 Å². The SMILES string of the molecule is Cc1cnc2c(c1)[nH]c(=S)n2C12CC3CC(CC(C3)C1)C2. The van der Waals surface area contributed by atoms with Crippen molar-refractivity contribution in [2.75, 3.05) is 0 Å². The van der Waals surface area contributed by atoms with E-state index in [1.54, 1.807) is 0 Å². The molecule has 110 valence electrons. The van der Waals surface area contributed by atoms with Crippen LogP contribution < -0.4 is 0 Å². The Morgan fingerprint density at radius 3 is 2.43 bits per heavy atom. The van der Waals surface area contributed by atoms with Gasteiger partial charge in [0.1, 0.15) is 0 Å². The average Bonchev–Trinajstić information content (AvgIpc) is 2.72. The van der Waals surface area contributed by atoms with E-state index in [0.717, 1.165) is 33.7 Å². The molecule has 0 amide bonds. The lowest BCUT2D eigenvalue weighted by Crippen LogP contribution is -2.51. The van der Waals surface area contributed by atoms with Crippen LogP contribution in [0.25, 0.3) is 11.2 Å². The van der Waals surface area contributed by atoms with Gasteiger partial charge in [-0.3, -0.25) is 4.57 Å². The Labute approximate surface area is 129 Å². The van der Waals surface area contributed by atoms with Crippen LogP contribution in [-0.2, 0) is 5.54 Å². The molecule has 0 atom stereocenters. The Hall–Kier alpha value is -1.16. The fourth-order valence-corrected chi connectivity index (χ4v) is 6.27. The second-order valence-electron chi connectivity index (χ2n) is 7.79. The summed E-state index contributed by atoms with van der Waals surface area (Å²) in [5.41, 5.74) is 3.63. The van der Waals surface area contributed by atoms with Crippen molar-refractivity contribution >= 4 is 23.4 Å². The fraction of sp³-hybridized carbons (Fsp3) is 0.647. The highest BCUT2D eigenvalue weighted by Crippen LogP contribution is 2.59. The van der Waals surface area contributed by atoms with Gasteiger partial charge in [-0.15, -0.1) is 0 Å². The maximum Gasteiger partial charge on any atom is 0.179 e. The lowest BCUT2D eigenvalue weighted by Gasteiger charge is -2.57. The molecule has 6 rings (SSSR count). The van der Waals surface area contributed by atoms with Gasteiger partial charge in [0.25, 0.3) is 0 Å². The summed E-state index contributed by atoms with van der Waals surface area (Å²) in [6, 6.07) is 2.18. The number of aromatic nitrogens is 3. The number of rotatable bonds is 1. The third kappa shape index (κ3) is 1.65. The molecular weight excluding hydrogens is 278 g/mol. The molecule has 3 nitrogen and oxygen atoms in total. The van der Waals surface area contributed by atoms with E-state index < -0.39 is 0 Å². The minimum atomic E-state index is 0.256. The number of imidazole rings is 1. The molecule has 2 aromatic heterocycles. The largest absolute Gasteiger partial charge is 0.329 e. The van der Waals surface area contributed by atoms with E-state index >= 15 is 0 Å². The minimum absolute atomic E-state index is 0.256. The molecule has 4 saturated carbocycles.